The van der Waals surface area contributed by atoms with E-state index in [9.17, 15) is 9.59 Å². The zero-order valence-corrected chi connectivity index (χ0v) is 8.70. The summed E-state index contributed by atoms with van der Waals surface area (Å²) in [6, 6.07) is 0. The van der Waals surface area contributed by atoms with Gasteiger partial charge in [-0.15, -0.1) is 0 Å². The van der Waals surface area contributed by atoms with Crippen molar-refractivity contribution in [2.75, 3.05) is 0 Å². The maximum atomic E-state index is 9.55. The van der Waals surface area contributed by atoms with Crippen molar-refractivity contribution in [1.29, 1.82) is 0 Å². The van der Waals surface area contributed by atoms with Gasteiger partial charge in [0.1, 0.15) is 0 Å². The van der Waals surface area contributed by atoms with Crippen LogP contribution in [-0.2, 0) is 9.59 Å². The van der Waals surface area contributed by atoms with Gasteiger partial charge in [0, 0.05) is 12.2 Å². The number of carbonyl (C=O) groups is 2. The fourth-order valence-corrected chi connectivity index (χ4v) is 0.143. The minimum atomic E-state index is -1.26. The van der Waals surface area contributed by atoms with Crippen LogP contribution in [0, 0.1) is 0 Å². The largest absolute Gasteiger partial charge is 1.00 e. The Morgan fingerprint density at radius 2 is 1.30 bits per heavy atom. The maximum absolute atomic E-state index is 9.55. The van der Waals surface area contributed by atoms with Crippen LogP contribution in [0.5, 0.6) is 0 Å². The number of hydrogen-bond donors (Lipinski definition) is 3. The Bertz CT molecular complexity index is 133. The Morgan fingerprint density at radius 1 is 1.10 bits per heavy atom. The number of aliphatic carboxylic acids is 2. The zero-order valence-electron chi connectivity index (χ0n) is 6.57. The van der Waals surface area contributed by atoms with Crippen molar-refractivity contribution < 1.29 is 72.6 Å². The van der Waals surface area contributed by atoms with Gasteiger partial charge in [0.25, 0.3) is 0 Å². The van der Waals surface area contributed by atoms with E-state index in [1.54, 1.807) is 0 Å². The third kappa shape index (κ3) is 15.7. The molecule has 0 aliphatic rings. The van der Waals surface area contributed by atoms with Crippen LogP contribution >= 0.6 is 0 Å². The Labute approximate surface area is 102 Å². The monoisotopic (exact) mass is 173 g/mol. The normalized spacial score (nSPS) is 7.60. The molecule has 0 aromatic heterocycles. The van der Waals surface area contributed by atoms with Crippen molar-refractivity contribution >= 4 is 11.9 Å². The molecule has 0 atom stereocenters. The molecule has 54 valence electrons. The predicted molar refractivity (Wildman–Crippen MR) is 30.5 cm³/mol. The summed E-state index contributed by atoms with van der Waals surface area (Å²) in [5, 5.41) is 15.6. The molecule has 0 aromatic rings. The van der Waals surface area contributed by atoms with Gasteiger partial charge in [-0.25, -0.2) is 9.59 Å². The maximum Gasteiger partial charge on any atom is 1.00 e. The third-order valence-corrected chi connectivity index (χ3v) is 0.368. The van der Waals surface area contributed by atoms with Gasteiger partial charge in [-0.2, -0.15) is 0 Å². The van der Waals surface area contributed by atoms with Crippen LogP contribution in [0.25, 0.3) is 0 Å². The smallest absolute Gasteiger partial charge is 1.00 e. The van der Waals surface area contributed by atoms with Crippen molar-refractivity contribution in [3.63, 3.8) is 0 Å². The van der Waals surface area contributed by atoms with Crippen LogP contribution in [0.4, 0.5) is 0 Å². The first-order valence-electron chi connectivity index (χ1n) is 1.77. The van der Waals surface area contributed by atoms with Crippen LogP contribution < -0.4 is 57.5 Å². The van der Waals surface area contributed by atoms with E-state index in [1.807, 2.05) is 0 Å². The molecular formula is C4H8KNO4. The summed E-state index contributed by atoms with van der Waals surface area (Å²) in [6.45, 7) is 0. The number of rotatable bonds is 2. The molecule has 0 saturated carbocycles. The van der Waals surface area contributed by atoms with Gasteiger partial charge in [-0.1, -0.05) is 0 Å². The molecular weight excluding hydrogens is 165 g/mol. The van der Waals surface area contributed by atoms with Crippen LogP contribution in [0.1, 0.15) is 1.43 Å². The van der Waals surface area contributed by atoms with Gasteiger partial charge >= 0.3 is 63.3 Å². The molecule has 0 heterocycles. The summed E-state index contributed by atoms with van der Waals surface area (Å²) in [4.78, 5) is 19.1. The standard InChI is InChI=1S/C4H4O4.K.H3N.H/c5-3(6)1-2-4(7)8;;;/h1-2H,(H,5,6)(H,7,8);;1H3;/q;+1;;-1. The molecule has 6 heteroatoms. The summed E-state index contributed by atoms with van der Waals surface area (Å²) in [7, 11) is 0. The molecule has 5 N–H and O–H groups in total. The Morgan fingerprint density at radius 3 is 1.40 bits per heavy atom. The van der Waals surface area contributed by atoms with Gasteiger partial charge in [0.15, 0.2) is 0 Å². The predicted octanol–water partition coefficient (Wildman–Crippen LogP) is -3.01. The number of carboxylic acids is 2. The van der Waals surface area contributed by atoms with E-state index in [4.69, 9.17) is 10.2 Å². The fourth-order valence-electron chi connectivity index (χ4n) is 0.143. The molecule has 0 radical (unpaired) electrons. The first kappa shape index (κ1) is 16.7. The molecule has 0 unspecified atom stereocenters. The van der Waals surface area contributed by atoms with Gasteiger partial charge in [0.05, 0.1) is 0 Å². The van der Waals surface area contributed by atoms with Gasteiger partial charge in [0.2, 0.25) is 0 Å². The van der Waals surface area contributed by atoms with Crippen molar-refractivity contribution in [3.8, 4) is 0 Å². The number of carboxylic acid groups (broad SMARTS) is 2. The van der Waals surface area contributed by atoms with Gasteiger partial charge in [-0.05, 0) is 0 Å². The first-order chi connectivity index (χ1) is 3.63. The van der Waals surface area contributed by atoms with Crippen molar-refractivity contribution in [1.82, 2.24) is 6.15 Å². The molecule has 0 spiro atoms. The minimum absolute atomic E-state index is 0. The first-order valence-corrected chi connectivity index (χ1v) is 1.77. The molecule has 0 aromatic carbocycles. The van der Waals surface area contributed by atoms with Crippen molar-refractivity contribution in [2.24, 2.45) is 0 Å². The summed E-state index contributed by atoms with van der Waals surface area (Å²) < 4.78 is 0. The van der Waals surface area contributed by atoms with E-state index in [0.717, 1.165) is 0 Å². The van der Waals surface area contributed by atoms with E-state index < -0.39 is 11.9 Å². The average molecular weight is 173 g/mol. The van der Waals surface area contributed by atoms with Crippen LogP contribution in [0.2, 0.25) is 0 Å². The summed E-state index contributed by atoms with van der Waals surface area (Å²) in [6.07, 6.45) is 1.12. The summed E-state index contributed by atoms with van der Waals surface area (Å²) in [5.41, 5.74) is 0. The van der Waals surface area contributed by atoms with Crippen LogP contribution in [-0.4, -0.2) is 22.2 Å². The average Bonchev–Trinajstić information content (AvgIpc) is 1.61. The molecule has 10 heavy (non-hydrogen) atoms. The molecule has 5 nitrogen and oxygen atoms in total. The molecule has 0 rings (SSSR count). The second-order valence-corrected chi connectivity index (χ2v) is 1.01. The van der Waals surface area contributed by atoms with E-state index in [0.29, 0.717) is 12.2 Å². The SMILES string of the molecule is N.O=C(O)C=CC(=O)O.[H-].[K+]. The quantitative estimate of drug-likeness (QED) is 0.304. The molecule has 0 bridgehead atoms. The Balaban J connectivity index is -0.0000000817. The molecule has 0 amide bonds. The third-order valence-electron chi connectivity index (χ3n) is 0.368. The minimum Gasteiger partial charge on any atom is -1.00 e. The Hall–Kier alpha value is 0.276. The van der Waals surface area contributed by atoms with E-state index in [1.165, 1.54) is 0 Å². The van der Waals surface area contributed by atoms with Crippen molar-refractivity contribution in [2.45, 2.75) is 0 Å². The number of hydrogen-bond acceptors (Lipinski definition) is 3. The molecule has 0 aliphatic heterocycles. The second kappa shape index (κ2) is 9.28. The van der Waals surface area contributed by atoms with E-state index in [-0.39, 0.29) is 59.0 Å². The fraction of sp³-hybridized carbons (Fsp3) is 0. The van der Waals surface area contributed by atoms with Crippen LogP contribution in [0.15, 0.2) is 12.2 Å². The molecule has 0 aliphatic carbocycles. The molecule has 0 saturated heterocycles. The van der Waals surface area contributed by atoms with E-state index in [2.05, 4.69) is 0 Å². The Kier molecular flexibility index (Phi) is 15.5. The zero-order chi connectivity index (χ0) is 6.57. The van der Waals surface area contributed by atoms with Crippen LogP contribution in [0.3, 0.4) is 0 Å². The summed E-state index contributed by atoms with van der Waals surface area (Å²) in [5.74, 6) is -2.51. The summed E-state index contributed by atoms with van der Waals surface area (Å²) >= 11 is 0. The van der Waals surface area contributed by atoms with Crippen molar-refractivity contribution in [3.05, 3.63) is 12.2 Å². The van der Waals surface area contributed by atoms with E-state index >= 15 is 0 Å². The molecule has 0 fully saturated rings. The second-order valence-electron chi connectivity index (χ2n) is 1.01. The topological polar surface area (TPSA) is 110 Å². The van der Waals surface area contributed by atoms with Gasteiger partial charge in [-0.3, -0.25) is 0 Å². The van der Waals surface area contributed by atoms with Gasteiger partial charge < -0.3 is 17.8 Å².